The Morgan fingerprint density at radius 2 is 1.72 bits per heavy atom. The van der Waals surface area contributed by atoms with Gasteiger partial charge in [-0.1, -0.05) is 30.3 Å². The Balaban J connectivity index is 1.45. The van der Waals surface area contributed by atoms with E-state index >= 15 is 0 Å². The Morgan fingerprint density at radius 1 is 1.08 bits per heavy atom. The van der Waals surface area contributed by atoms with Crippen molar-refractivity contribution in [1.29, 1.82) is 0 Å². The van der Waals surface area contributed by atoms with Crippen molar-refractivity contribution in [3.05, 3.63) is 47.7 Å². The average Bonchev–Trinajstić information content (AvgIpc) is 3.34. The van der Waals surface area contributed by atoms with Crippen LogP contribution >= 0.6 is 0 Å². The van der Waals surface area contributed by atoms with Gasteiger partial charge in [0.25, 0.3) is 0 Å². The molecule has 3 fully saturated rings. The lowest BCUT2D eigenvalue weighted by Crippen LogP contribution is -2.34. The fraction of sp³-hybridized carbons (Fsp3) is 0.421. The summed E-state index contributed by atoms with van der Waals surface area (Å²) < 4.78 is 7.62. The van der Waals surface area contributed by atoms with Crippen molar-refractivity contribution < 1.29 is 14.3 Å². The van der Waals surface area contributed by atoms with Crippen molar-refractivity contribution in [1.82, 2.24) is 9.78 Å². The van der Waals surface area contributed by atoms with E-state index in [0.717, 1.165) is 24.1 Å². The molecule has 2 amide bonds. The zero-order chi connectivity index (χ0) is 17.1. The maximum absolute atomic E-state index is 12.8. The Kier molecular flexibility index (Phi) is 3.12. The summed E-state index contributed by atoms with van der Waals surface area (Å²) in [6.07, 6.45) is 1.56. The molecular weight excluding hydrogens is 318 g/mol. The molecule has 128 valence electrons. The predicted molar refractivity (Wildman–Crippen MR) is 89.9 cm³/mol. The van der Waals surface area contributed by atoms with Crippen molar-refractivity contribution in [2.75, 3.05) is 4.90 Å². The van der Waals surface area contributed by atoms with Crippen LogP contribution in [0.5, 0.6) is 0 Å². The molecule has 6 nitrogen and oxygen atoms in total. The number of anilines is 1. The van der Waals surface area contributed by atoms with Crippen LogP contribution in [0.1, 0.15) is 24.1 Å². The molecule has 3 aliphatic heterocycles. The zero-order valence-electron chi connectivity index (χ0n) is 14.0. The van der Waals surface area contributed by atoms with Crippen LogP contribution in [-0.2, 0) is 20.9 Å². The first-order chi connectivity index (χ1) is 12.1. The molecule has 2 aromatic rings. The first-order valence-electron chi connectivity index (χ1n) is 8.75. The van der Waals surface area contributed by atoms with Crippen LogP contribution in [0.3, 0.4) is 0 Å². The van der Waals surface area contributed by atoms with Gasteiger partial charge in [-0.3, -0.25) is 14.3 Å². The van der Waals surface area contributed by atoms with Gasteiger partial charge in [0.1, 0.15) is 0 Å². The molecule has 0 spiro atoms. The average molecular weight is 337 g/mol. The quantitative estimate of drug-likeness (QED) is 0.803. The van der Waals surface area contributed by atoms with Crippen LogP contribution in [-0.4, -0.2) is 33.8 Å². The number of aryl methyl sites for hydroxylation is 1. The normalized spacial score (nSPS) is 30.4. The number of amides is 2. The molecule has 3 aliphatic rings. The molecule has 0 aliphatic carbocycles. The summed E-state index contributed by atoms with van der Waals surface area (Å²) >= 11 is 0. The third kappa shape index (κ3) is 2.10. The highest BCUT2D eigenvalue weighted by atomic mass is 16.5. The van der Waals surface area contributed by atoms with E-state index in [4.69, 9.17) is 4.74 Å². The van der Waals surface area contributed by atoms with Crippen LogP contribution < -0.4 is 4.90 Å². The Labute approximate surface area is 145 Å². The van der Waals surface area contributed by atoms with Gasteiger partial charge in [0.15, 0.2) is 5.82 Å². The van der Waals surface area contributed by atoms with Gasteiger partial charge in [-0.25, -0.2) is 4.90 Å². The number of imide groups is 1. The first-order valence-corrected chi connectivity index (χ1v) is 8.75. The first kappa shape index (κ1) is 14.8. The van der Waals surface area contributed by atoms with E-state index in [1.807, 2.05) is 48.0 Å². The number of aromatic nitrogens is 2. The molecule has 0 unspecified atom stereocenters. The minimum atomic E-state index is -0.314. The molecule has 5 rings (SSSR count). The summed E-state index contributed by atoms with van der Waals surface area (Å²) in [6, 6.07) is 11.8. The van der Waals surface area contributed by atoms with Crippen molar-refractivity contribution in [3.8, 4) is 0 Å². The standard InChI is InChI=1S/C19H19N3O3/c1-11-9-15(20-21(11)10-12-5-3-2-4-6-12)22-18(23)16-13-7-8-14(25-13)17(16)19(22)24/h2-6,9,13-14,16-17H,7-8,10H2,1H3/t13-,14-,16-,17-/m1/s1. The Morgan fingerprint density at radius 3 is 2.36 bits per heavy atom. The number of hydrogen-bond acceptors (Lipinski definition) is 4. The molecule has 6 heteroatoms. The molecular formula is C19H19N3O3. The van der Waals surface area contributed by atoms with Gasteiger partial charge in [0.05, 0.1) is 30.6 Å². The van der Waals surface area contributed by atoms with Gasteiger partial charge in [0, 0.05) is 11.8 Å². The third-order valence-corrected chi connectivity index (χ3v) is 5.66. The summed E-state index contributed by atoms with van der Waals surface area (Å²) in [5, 5.41) is 4.55. The van der Waals surface area contributed by atoms with Crippen molar-refractivity contribution in [2.45, 2.75) is 38.5 Å². The van der Waals surface area contributed by atoms with Crippen molar-refractivity contribution in [2.24, 2.45) is 11.8 Å². The summed E-state index contributed by atoms with van der Waals surface area (Å²) in [6.45, 7) is 2.56. The maximum atomic E-state index is 12.8. The lowest BCUT2D eigenvalue weighted by Gasteiger charge is -2.15. The zero-order valence-corrected chi connectivity index (χ0v) is 14.0. The Hall–Kier alpha value is -2.47. The van der Waals surface area contributed by atoms with Gasteiger partial charge in [-0.15, -0.1) is 0 Å². The summed E-state index contributed by atoms with van der Waals surface area (Å²) in [4.78, 5) is 27.0. The smallest absolute Gasteiger partial charge is 0.241 e. The molecule has 2 bridgehead atoms. The monoisotopic (exact) mass is 337 g/mol. The fourth-order valence-electron chi connectivity index (χ4n) is 4.46. The fourth-order valence-corrected chi connectivity index (χ4v) is 4.46. The lowest BCUT2D eigenvalue weighted by atomic mass is 9.81. The largest absolute Gasteiger partial charge is 0.373 e. The number of nitrogens with zero attached hydrogens (tertiary/aromatic N) is 3. The number of carbonyl (C=O) groups excluding carboxylic acids is 2. The molecule has 3 saturated heterocycles. The maximum Gasteiger partial charge on any atom is 0.241 e. The number of hydrogen-bond donors (Lipinski definition) is 0. The molecule has 4 heterocycles. The van der Waals surface area contributed by atoms with Gasteiger partial charge in [-0.2, -0.15) is 5.10 Å². The van der Waals surface area contributed by atoms with Crippen LogP contribution in [0.15, 0.2) is 36.4 Å². The number of carbonyl (C=O) groups is 2. The van der Waals surface area contributed by atoms with Crippen LogP contribution in [0.25, 0.3) is 0 Å². The highest BCUT2D eigenvalue weighted by Gasteiger charge is 2.63. The number of ether oxygens (including phenoxy) is 1. The van der Waals surface area contributed by atoms with E-state index in [-0.39, 0.29) is 35.9 Å². The highest BCUT2D eigenvalue weighted by Crippen LogP contribution is 2.49. The highest BCUT2D eigenvalue weighted by molar-refractivity contribution is 6.22. The second-order valence-electron chi connectivity index (χ2n) is 7.14. The number of benzene rings is 1. The van der Waals surface area contributed by atoms with Crippen molar-refractivity contribution >= 4 is 17.6 Å². The van der Waals surface area contributed by atoms with E-state index < -0.39 is 0 Å². The number of fused-ring (bicyclic) bond motifs is 5. The van der Waals surface area contributed by atoms with Gasteiger partial charge in [-0.05, 0) is 25.3 Å². The van der Waals surface area contributed by atoms with Gasteiger partial charge in [0.2, 0.25) is 11.8 Å². The number of rotatable bonds is 3. The molecule has 25 heavy (non-hydrogen) atoms. The van der Waals surface area contributed by atoms with E-state index in [2.05, 4.69) is 5.10 Å². The van der Waals surface area contributed by atoms with E-state index in [9.17, 15) is 9.59 Å². The Bertz CT molecular complexity index is 832. The summed E-state index contributed by atoms with van der Waals surface area (Å²) in [5.74, 6) is -0.480. The SMILES string of the molecule is Cc1cc(N2C(=O)[C@H]3[C@H](C2=O)[C@H]2CC[C@H]3O2)nn1Cc1ccccc1. The summed E-state index contributed by atoms with van der Waals surface area (Å²) in [7, 11) is 0. The molecule has 0 N–H and O–H groups in total. The summed E-state index contributed by atoms with van der Waals surface area (Å²) in [5.41, 5.74) is 2.05. The predicted octanol–water partition coefficient (Wildman–Crippen LogP) is 1.91. The lowest BCUT2D eigenvalue weighted by molar-refractivity contribution is -0.124. The minimum Gasteiger partial charge on any atom is -0.373 e. The second-order valence-corrected chi connectivity index (χ2v) is 7.14. The second kappa shape index (κ2) is 5.26. The molecule has 4 atom stereocenters. The van der Waals surface area contributed by atoms with Crippen LogP contribution in [0.2, 0.25) is 0 Å². The van der Waals surface area contributed by atoms with Crippen molar-refractivity contribution in [3.63, 3.8) is 0 Å². The molecule has 0 saturated carbocycles. The van der Waals surface area contributed by atoms with E-state index in [1.54, 1.807) is 0 Å². The molecule has 1 aromatic carbocycles. The van der Waals surface area contributed by atoms with Crippen LogP contribution in [0, 0.1) is 18.8 Å². The minimum absolute atomic E-state index is 0.0936. The van der Waals surface area contributed by atoms with Gasteiger partial charge >= 0.3 is 0 Å². The topological polar surface area (TPSA) is 64.4 Å². The van der Waals surface area contributed by atoms with E-state index in [1.165, 1.54) is 4.90 Å². The third-order valence-electron chi connectivity index (χ3n) is 5.66. The van der Waals surface area contributed by atoms with Crippen LogP contribution in [0.4, 0.5) is 5.82 Å². The van der Waals surface area contributed by atoms with E-state index in [0.29, 0.717) is 12.4 Å². The molecule has 0 radical (unpaired) electrons. The molecule has 1 aromatic heterocycles. The van der Waals surface area contributed by atoms with Gasteiger partial charge < -0.3 is 4.74 Å².